The lowest BCUT2D eigenvalue weighted by Crippen LogP contribution is -2.32. The topological polar surface area (TPSA) is 38.3 Å². The van der Waals surface area contributed by atoms with E-state index >= 15 is 0 Å². The maximum absolute atomic E-state index is 12.6. The average molecular weight is 339 g/mol. The summed E-state index contributed by atoms with van der Waals surface area (Å²) in [6, 6.07) is 14.0. The number of benzene rings is 2. The van der Waals surface area contributed by atoms with E-state index in [9.17, 15) is 4.79 Å². The molecule has 2 rings (SSSR count). The van der Waals surface area contributed by atoms with Crippen LogP contribution in [0.2, 0.25) is 0 Å². The zero-order chi connectivity index (χ0) is 18.6. The molecule has 0 aliphatic carbocycles. The minimum Gasteiger partial charge on any atom is -0.481 e. The first-order chi connectivity index (χ1) is 11.7. The number of ether oxygens (including phenoxy) is 1. The predicted octanol–water partition coefficient (Wildman–Crippen LogP) is 5.40. The molecule has 1 N–H and O–H groups in total. The molecule has 0 heterocycles. The number of carbonyl (C=O) groups excluding carboxylic acids is 1. The third-order valence-electron chi connectivity index (χ3n) is 4.39. The number of hydrogen-bond donors (Lipinski definition) is 1. The van der Waals surface area contributed by atoms with Crippen LogP contribution in [0.3, 0.4) is 0 Å². The molecule has 0 unspecified atom stereocenters. The number of anilines is 1. The van der Waals surface area contributed by atoms with Crippen LogP contribution in [0.5, 0.6) is 5.75 Å². The molecule has 1 amide bonds. The predicted molar refractivity (Wildman–Crippen MR) is 104 cm³/mol. The summed E-state index contributed by atoms with van der Waals surface area (Å²) in [6.07, 6.45) is 0.0946. The van der Waals surface area contributed by atoms with Gasteiger partial charge in [0.05, 0.1) is 0 Å². The van der Waals surface area contributed by atoms with Crippen LogP contribution in [0.15, 0.2) is 42.5 Å². The minimum atomic E-state index is -0.514. The van der Waals surface area contributed by atoms with Gasteiger partial charge in [-0.3, -0.25) is 4.79 Å². The van der Waals surface area contributed by atoms with Crippen LogP contribution in [0.1, 0.15) is 50.8 Å². The van der Waals surface area contributed by atoms with E-state index in [1.807, 2.05) is 51.1 Å². The normalized spacial score (nSPS) is 12.6. The average Bonchev–Trinajstić information content (AvgIpc) is 2.55. The second-order valence-electron chi connectivity index (χ2n) is 7.55. The summed E-state index contributed by atoms with van der Waals surface area (Å²) in [5, 5.41) is 3.02. The monoisotopic (exact) mass is 339 g/mol. The Bertz CT molecular complexity index is 706. The molecule has 0 aliphatic heterocycles. The number of para-hydroxylation sites is 1. The summed E-state index contributed by atoms with van der Waals surface area (Å²) < 4.78 is 5.93. The van der Waals surface area contributed by atoms with Gasteiger partial charge in [-0.15, -0.1) is 0 Å². The van der Waals surface area contributed by atoms with Crippen LogP contribution in [0.4, 0.5) is 5.69 Å². The van der Waals surface area contributed by atoms with E-state index in [1.54, 1.807) is 0 Å². The number of nitrogens with one attached hydrogen (secondary N) is 1. The number of carbonyl (C=O) groups is 1. The first kappa shape index (κ1) is 19.0. The van der Waals surface area contributed by atoms with Crippen molar-refractivity contribution in [2.24, 2.45) is 0 Å². The summed E-state index contributed by atoms with van der Waals surface area (Å²) in [5.41, 5.74) is 4.32. The molecule has 134 valence electrons. The third kappa shape index (κ3) is 4.85. The van der Waals surface area contributed by atoms with Gasteiger partial charge in [-0.25, -0.2) is 0 Å². The SMILES string of the molecule is CC[C@H](Oc1ccc(C(C)(C)C)cc1)C(=O)Nc1c(C)cccc1C. The molecule has 0 fully saturated rings. The summed E-state index contributed by atoms with van der Waals surface area (Å²) in [5.74, 6) is 0.608. The maximum Gasteiger partial charge on any atom is 0.265 e. The first-order valence-corrected chi connectivity index (χ1v) is 8.86. The van der Waals surface area contributed by atoms with Gasteiger partial charge in [0, 0.05) is 5.69 Å². The molecule has 25 heavy (non-hydrogen) atoms. The fourth-order valence-electron chi connectivity index (χ4n) is 2.74. The molecule has 2 aromatic rings. The fourth-order valence-corrected chi connectivity index (χ4v) is 2.74. The highest BCUT2D eigenvalue weighted by Gasteiger charge is 2.20. The standard InChI is InChI=1S/C22H29NO2/c1-7-19(21(24)23-20-15(2)9-8-10-16(20)3)25-18-13-11-17(12-14-18)22(4,5)6/h8-14,19H,7H2,1-6H3,(H,23,24)/t19-/m0/s1. The van der Waals surface area contributed by atoms with Crippen molar-refractivity contribution >= 4 is 11.6 Å². The molecule has 1 atom stereocenters. The van der Waals surface area contributed by atoms with Gasteiger partial charge in [-0.05, 0) is 54.5 Å². The Hall–Kier alpha value is -2.29. The Labute approximate surface area is 151 Å². The van der Waals surface area contributed by atoms with Crippen LogP contribution >= 0.6 is 0 Å². The minimum absolute atomic E-state index is 0.0996. The Morgan fingerprint density at radius 2 is 1.60 bits per heavy atom. The van der Waals surface area contributed by atoms with Gasteiger partial charge in [0.25, 0.3) is 5.91 Å². The largest absolute Gasteiger partial charge is 0.481 e. The summed E-state index contributed by atoms with van der Waals surface area (Å²) in [6.45, 7) is 12.5. The summed E-state index contributed by atoms with van der Waals surface area (Å²) in [7, 11) is 0. The van der Waals surface area contributed by atoms with Gasteiger partial charge in [0.2, 0.25) is 0 Å². The van der Waals surface area contributed by atoms with Crippen molar-refractivity contribution in [3.8, 4) is 5.75 Å². The van der Waals surface area contributed by atoms with Crippen molar-refractivity contribution in [3.63, 3.8) is 0 Å². The van der Waals surface area contributed by atoms with Crippen LogP contribution in [0, 0.1) is 13.8 Å². The second-order valence-corrected chi connectivity index (χ2v) is 7.55. The zero-order valence-corrected chi connectivity index (χ0v) is 16.1. The molecule has 0 bridgehead atoms. The Balaban J connectivity index is 2.10. The molecule has 0 saturated heterocycles. The molecular formula is C22H29NO2. The Morgan fingerprint density at radius 1 is 1.04 bits per heavy atom. The van der Waals surface area contributed by atoms with Gasteiger partial charge in [0.1, 0.15) is 5.75 Å². The molecule has 3 heteroatoms. The van der Waals surface area contributed by atoms with E-state index in [0.29, 0.717) is 6.42 Å². The van der Waals surface area contributed by atoms with Gasteiger partial charge in [0.15, 0.2) is 6.10 Å². The quantitative estimate of drug-likeness (QED) is 0.792. The van der Waals surface area contributed by atoms with Gasteiger partial charge in [-0.1, -0.05) is 58.0 Å². The zero-order valence-electron chi connectivity index (χ0n) is 16.1. The van der Waals surface area contributed by atoms with E-state index in [-0.39, 0.29) is 11.3 Å². The van der Waals surface area contributed by atoms with Crippen molar-refractivity contribution in [3.05, 3.63) is 59.2 Å². The highest BCUT2D eigenvalue weighted by molar-refractivity contribution is 5.95. The highest BCUT2D eigenvalue weighted by Crippen LogP contribution is 2.25. The fraction of sp³-hybridized carbons (Fsp3) is 0.409. The highest BCUT2D eigenvalue weighted by atomic mass is 16.5. The number of rotatable bonds is 5. The van der Waals surface area contributed by atoms with E-state index in [4.69, 9.17) is 4.74 Å². The van der Waals surface area contributed by atoms with Crippen LogP contribution < -0.4 is 10.1 Å². The Morgan fingerprint density at radius 3 is 2.08 bits per heavy atom. The molecular weight excluding hydrogens is 310 g/mol. The van der Waals surface area contributed by atoms with E-state index in [1.165, 1.54) is 5.56 Å². The van der Waals surface area contributed by atoms with E-state index in [0.717, 1.165) is 22.6 Å². The van der Waals surface area contributed by atoms with Crippen molar-refractivity contribution < 1.29 is 9.53 Å². The lowest BCUT2D eigenvalue weighted by molar-refractivity contribution is -0.122. The molecule has 0 saturated carbocycles. The molecule has 3 nitrogen and oxygen atoms in total. The van der Waals surface area contributed by atoms with Crippen LogP contribution in [-0.4, -0.2) is 12.0 Å². The van der Waals surface area contributed by atoms with Crippen molar-refractivity contribution in [1.82, 2.24) is 0 Å². The lowest BCUT2D eigenvalue weighted by Gasteiger charge is -2.21. The lowest BCUT2D eigenvalue weighted by atomic mass is 9.87. The van der Waals surface area contributed by atoms with Gasteiger partial charge < -0.3 is 10.1 Å². The van der Waals surface area contributed by atoms with Crippen molar-refractivity contribution in [2.45, 2.75) is 59.5 Å². The number of amides is 1. The summed E-state index contributed by atoms with van der Waals surface area (Å²) >= 11 is 0. The Kier molecular flexibility index (Phi) is 5.89. The van der Waals surface area contributed by atoms with E-state index in [2.05, 4.69) is 38.2 Å². The van der Waals surface area contributed by atoms with E-state index < -0.39 is 6.10 Å². The third-order valence-corrected chi connectivity index (χ3v) is 4.39. The molecule has 2 aromatic carbocycles. The number of aryl methyl sites for hydroxylation is 2. The molecule has 0 aliphatic rings. The maximum atomic E-state index is 12.6. The first-order valence-electron chi connectivity index (χ1n) is 8.86. The van der Waals surface area contributed by atoms with Crippen molar-refractivity contribution in [1.29, 1.82) is 0 Å². The van der Waals surface area contributed by atoms with Gasteiger partial charge >= 0.3 is 0 Å². The smallest absolute Gasteiger partial charge is 0.265 e. The van der Waals surface area contributed by atoms with Gasteiger partial charge in [-0.2, -0.15) is 0 Å². The van der Waals surface area contributed by atoms with Crippen LogP contribution in [-0.2, 0) is 10.2 Å². The molecule has 0 spiro atoms. The van der Waals surface area contributed by atoms with Crippen LogP contribution in [0.25, 0.3) is 0 Å². The summed E-state index contributed by atoms with van der Waals surface area (Å²) in [4.78, 5) is 12.6. The molecule has 0 radical (unpaired) electrons. The second kappa shape index (κ2) is 7.73. The number of hydrogen-bond acceptors (Lipinski definition) is 2. The van der Waals surface area contributed by atoms with Crippen molar-refractivity contribution in [2.75, 3.05) is 5.32 Å². The molecule has 0 aromatic heterocycles.